The van der Waals surface area contributed by atoms with Gasteiger partial charge in [-0.15, -0.1) is 5.10 Å². The first-order chi connectivity index (χ1) is 9.53. The van der Waals surface area contributed by atoms with Crippen LogP contribution in [0.15, 0.2) is 35.4 Å². The number of sulfonamides is 1. The van der Waals surface area contributed by atoms with Gasteiger partial charge in [-0.25, -0.2) is 13.1 Å². The molecule has 0 atom stereocenters. The SMILES string of the molecule is CCNS(=O)(=O)c1ccccc1NCc1cn(C)nn1. The second kappa shape index (κ2) is 6.02. The summed E-state index contributed by atoms with van der Waals surface area (Å²) >= 11 is 0. The highest BCUT2D eigenvalue weighted by molar-refractivity contribution is 7.89. The highest BCUT2D eigenvalue weighted by Gasteiger charge is 2.16. The maximum atomic E-state index is 12.1. The van der Waals surface area contributed by atoms with Gasteiger partial charge in [0, 0.05) is 19.8 Å². The van der Waals surface area contributed by atoms with Gasteiger partial charge in [-0.1, -0.05) is 24.3 Å². The molecule has 0 bridgehead atoms. The van der Waals surface area contributed by atoms with Crippen LogP contribution in [-0.2, 0) is 23.6 Å². The molecule has 0 fully saturated rings. The number of nitrogens with zero attached hydrogens (tertiary/aromatic N) is 3. The molecule has 2 aromatic rings. The van der Waals surface area contributed by atoms with Crippen LogP contribution in [0.4, 0.5) is 5.69 Å². The Hall–Kier alpha value is -1.93. The first-order valence-corrected chi connectivity index (χ1v) is 7.69. The Labute approximate surface area is 118 Å². The van der Waals surface area contributed by atoms with Crippen LogP contribution in [0.25, 0.3) is 0 Å². The molecular formula is C12H17N5O2S. The largest absolute Gasteiger partial charge is 0.378 e. The summed E-state index contributed by atoms with van der Waals surface area (Å²) < 4.78 is 28.2. The predicted molar refractivity (Wildman–Crippen MR) is 75.6 cm³/mol. The Balaban J connectivity index is 2.20. The van der Waals surface area contributed by atoms with Crippen molar-refractivity contribution < 1.29 is 8.42 Å². The molecule has 0 saturated carbocycles. The summed E-state index contributed by atoms with van der Waals surface area (Å²) in [5.41, 5.74) is 1.28. The highest BCUT2D eigenvalue weighted by atomic mass is 32.2. The van der Waals surface area contributed by atoms with Crippen molar-refractivity contribution in [2.75, 3.05) is 11.9 Å². The van der Waals surface area contributed by atoms with E-state index < -0.39 is 10.0 Å². The summed E-state index contributed by atoms with van der Waals surface area (Å²) in [6.07, 6.45) is 1.77. The lowest BCUT2D eigenvalue weighted by Crippen LogP contribution is -2.24. The molecule has 8 heteroatoms. The zero-order valence-electron chi connectivity index (χ0n) is 11.4. The first kappa shape index (κ1) is 14.5. The molecule has 108 valence electrons. The van der Waals surface area contributed by atoms with Gasteiger partial charge in [0.05, 0.1) is 12.2 Å². The Morgan fingerprint density at radius 3 is 2.70 bits per heavy atom. The molecule has 0 radical (unpaired) electrons. The van der Waals surface area contributed by atoms with Crippen molar-refractivity contribution in [1.29, 1.82) is 0 Å². The van der Waals surface area contributed by atoms with E-state index in [9.17, 15) is 8.42 Å². The number of benzene rings is 1. The van der Waals surface area contributed by atoms with Gasteiger partial charge >= 0.3 is 0 Å². The van der Waals surface area contributed by atoms with Crippen LogP contribution in [0.2, 0.25) is 0 Å². The van der Waals surface area contributed by atoms with Crippen molar-refractivity contribution in [3.63, 3.8) is 0 Å². The maximum Gasteiger partial charge on any atom is 0.242 e. The van der Waals surface area contributed by atoms with Crippen LogP contribution >= 0.6 is 0 Å². The van der Waals surface area contributed by atoms with Gasteiger partial charge in [-0.05, 0) is 12.1 Å². The summed E-state index contributed by atoms with van der Waals surface area (Å²) in [7, 11) is -1.72. The van der Waals surface area contributed by atoms with E-state index in [1.54, 1.807) is 49.1 Å². The monoisotopic (exact) mass is 295 g/mol. The minimum Gasteiger partial charge on any atom is -0.378 e. The van der Waals surface area contributed by atoms with E-state index >= 15 is 0 Å². The molecule has 0 aliphatic heterocycles. The smallest absolute Gasteiger partial charge is 0.242 e. The number of para-hydroxylation sites is 1. The van der Waals surface area contributed by atoms with Crippen LogP contribution < -0.4 is 10.0 Å². The topological polar surface area (TPSA) is 88.9 Å². The third-order valence-corrected chi connectivity index (χ3v) is 4.22. The van der Waals surface area contributed by atoms with Gasteiger partial charge in [0.2, 0.25) is 10.0 Å². The zero-order valence-corrected chi connectivity index (χ0v) is 12.2. The van der Waals surface area contributed by atoms with Gasteiger partial charge in [0.25, 0.3) is 0 Å². The molecule has 0 aliphatic carbocycles. The van der Waals surface area contributed by atoms with E-state index in [1.165, 1.54) is 0 Å². The lowest BCUT2D eigenvalue weighted by Gasteiger charge is -2.11. The molecule has 0 aliphatic rings. The molecule has 7 nitrogen and oxygen atoms in total. The van der Waals surface area contributed by atoms with Gasteiger partial charge in [0.15, 0.2) is 0 Å². The molecule has 20 heavy (non-hydrogen) atoms. The van der Waals surface area contributed by atoms with Crippen LogP contribution in [0, 0.1) is 0 Å². The normalized spacial score (nSPS) is 11.5. The average molecular weight is 295 g/mol. The van der Waals surface area contributed by atoms with Crippen molar-refractivity contribution in [3.8, 4) is 0 Å². The fourth-order valence-corrected chi connectivity index (χ4v) is 3.00. The van der Waals surface area contributed by atoms with Crippen LogP contribution in [-0.4, -0.2) is 30.0 Å². The summed E-state index contributed by atoms with van der Waals surface area (Å²) in [5, 5.41) is 10.8. The summed E-state index contributed by atoms with van der Waals surface area (Å²) in [5.74, 6) is 0. The lowest BCUT2D eigenvalue weighted by atomic mass is 10.3. The molecule has 0 spiro atoms. The Bertz CT molecular complexity index is 681. The number of aryl methyl sites for hydroxylation is 1. The Kier molecular flexibility index (Phi) is 4.35. The maximum absolute atomic E-state index is 12.1. The van der Waals surface area contributed by atoms with E-state index in [2.05, 4.69) is 20.4 Å². The Morgan fingerprint density at radius 1 is 1.30 bits per heavy atom. The number of anilines is 1. The fraction of sp³-hybridized carbons (Fsp3) is 0.333. The molecule has 1 heterocycles. The summed E-state index contributed by atoms with van der Waals surface area (Å²) in [6.45, 7) is 2.50. The molecular weight excluding hydrogens is 278 g/mol. The molecule has 2 rings (SSSR count). The molecule has 0 unspecified atom stereocenters. The van der Waals surface area contributed by atoms with Crippen LogP contribution in [0.5, 0.6) is 0 Å². The summed E-state index contributed by atoms with van der Waals surface area (Å²) in [6, 6.07) is 6.76. The van der Waals surface area contributed by atoms with E-state index in [0.717, 1.165) is 5.69 Å². The number of aromatic nitrogens is 3. The minimum absolute atomic E-state index is 0.228. The number of rotatable bonds is 6. The lowest BCUT2D eigenvalue weighted by molar-refractivity contribution is 0.584. The van der Waals surface area contributed by atoms with Gasteiger partial charge < -0.3 is 5.32 Å². The number of hydrogen-bond acceptors (Lipinski definition) is 5. The highest BCUT2D eigenvalue weighted by Crippen LogP contribution is 2.20. The van der Waals surface area contributed by atoms with E-state index in [0.29, 0.717) is 18.8 Å². The van der Waals surface area contributed by atoms with Crippen LogP contribution in [0.3, 0.4) is 0 Å². The van der Waals surface area contributed by atoms with Crippen molar-refractivity contribution in [3.05, 3.63) is 36.2 Å². The molecule has 2 N–H and O–H groups in total. The van der Waals surface area contributed by atoms with Gasteiger partial charge in [-0.3, -0.25) is 4.68 Å². The summed E-state index contributed by atoms with van der Waals surface area (Å²) in [4.78, 5) is 0.228. The molecule has 1 aromatic heterocycles. The van der Waals surface area contributed by atoms with Crippen molar-refractivity contribution in [2.45, 2.75) is 18.4 Å². The van der Waals surface area contributed by atoms with Gasteiger partial charge in [0.1, 0.15) is 10.6 Å². The third-order valence-electron chi connectivity index (χ3n) is 2.62. The second-order valence-corrected chi connectivity index (χ2v) is 5.97. The van der Waals surface area contributed by atoms with Crippen molar-refractivity contribution in [2.24, 2.45) is 7.05 Å². The molecule has 0 amide bonds. The predicted octanol–water partition coefficient (Wildman–Crippen LogP) is 0.725. The second-order valence-electron chi connectivity index (χ2n) is 4.23. The standard InChI is InChI=1S/C12H17N5O2S/c1-3-14-20(18,19)12-7-5-4-6-11(12)13-8-10-9-17(2)16-15-10/h4-7,9,13-14H,3,8H2,1-2H3. The van der Waals surface area contributed by atoms with Crippen molar-refractivity contribution >= 4 is 15.7 Å². The third kappa shape index (κ3) is 3.34. The van der Waals surface area contributed by atoms with E-state index in [4.69, 9.17) is 0 Å². The average Bonchev–Trinajstić information content (AvgIpc) is 2.82. The molecule has 1 aromatic carbocycles. The molecule has 0 saturated heterocycles. The van der Waals surface area contributed by atoms with Gasteiger partial charge in [-0.2, -0.15) is 0 Å². The van der Waals surface area contributed by atoms with Crippen molar-refractivity contribution in [1.82, 2.24) is 19.7 Å². The number of nitrogens with one attached hydrogen (secondary N) is 2. The fourth-order valence-electron chi connectivity index (χ4n) is 1.78. The number of hydrogen-bond donors (Lipinski definition) is 2. The minimum atomic E-state index is -3.49. The first-order valence-electron chi connectivity index (χ1n) is 6.20. The van der Waals surface area contributed by atoms with Crippen LogP contribution in [0.1, 0.15) is 12.6 Å². The van der Waals surface area contributed by atoms with E-state index in [1.807, 2.05) is 0 Å². The van der Waals surface area contributed by atoms with E-state index in [-0.39, 0.29) is 4.90 Å². The quantitative estimate of drug-likeness (QED) is 0.820. The zero-order chi connectivity index (χ0) is 14.6. The Morgan fingerprint density at radius 2 is 2.05 bits per heavy atom.